The monoisotopic (exact) mass is 865 g/mol. The molecule has 0 radical (unpaired) electrons. The fourth-order valence-electron chi connectivity index (χ4n) is 5.67. The Bertz CT molecular complexity index is 1510. The molecule has 0 N–H and O–H groups in total. The van der Waals surface area contributed by atoms with Gasteiger partial charge in [0, 0.05) is 19.3 Å². The molecule has 1 unspecified atom stereocenters. The number of rotatable bonds is 40. The molecule has 0 saturated carbocycles. The minimum atomic E-state index is -0.844. The molecule has 0 saturated heterocycles. The molecule has 63 heavy (non-hydrogen) atoms. The van der Waals surface area contributed by atoms with Crippen LogP contribution in [0.1, 0.15) is 162 Å². The summed E-state index contributed by atoms with van der Waals surface area (Å²) in [6.45, 7) is 6.09. The Kier molecular flexibility index (Phi) is 45.8. The number of carbonyl (C=O) groups excluding carboxylic acids is 3. The minimum absolute atomic E-state index is 0.136. The quantitative estimate of drug-likeness (QED) is 0.0201. The molecule has 0 aromatic carbocycles. The van der Waals surface area contributed by atoms with Crippen LogP contribution in [-0.2, 0) is 28.6 Å². The van der Waals surface area contributed by atoms with Gasteiger partial charge >= 0.3 is 17.9 Å². The first-order valence-corrected chi connectivity index (χ1v) is 24.1. The lowest BCUT2D eigenvalue weighted by Gasteiger charge is -2.18. The Morgan fingerprint density at radius 2 is 0.667 bits per heavy atom. The lowest BCUT2D eigenvalue weighted by Crippen LogP contribution is -2.30. The van der Waals surface area contributed by atoms with E-state index < -0.39 is 12.1 Å². The first kappa shape index (κ1) is 58.0. The van der Waals surface area contributed by atoms with Crippen LogP contribution in [0.15, 0.2) is 158 Å². The predicted molar refractivity (Wildman–Crippen MR) is 269 cm³/mol. The molecule has 0 bridgehead atoms. The highest BCUT2D eigenvalue weighted by Crippen LogP contribution is 2.11. The molecule has 348 valence electrons. The summed E-state index contributed by atoms with van der Waals surface area (Å²) >= 11 is 0. The summed E-state index contributed by atoms with van der Waals surface area (Å²) in [6, 6.07) is 0. The second kappa shape index (κ2) is 49.7. The molecule has 0 fully saturated rings. The van der Waals surface area contributed by atoms with Gasteiger partial charge in [-0.1, -0.05) is 204 Å². The maximum atomic E-state index is 12.7. The smallest absolute Gasteiger partial charge is 0.306 e. The minimum Gasteiger partial charge on any atom is -0.462 e. The molecule has 0 aromatic rings. The lowest BCUT2D eigenvalue weighted by atomic mass is 10.1. The van der Waals surface area contributed by atoms with E-state index in [4.69, 9.17) is 14.2 Å². The average molecular weight is 865 g/mol. The van der Waals surface area contributed by atoms with Crippen LogP contribution < -0.4 is 0 Å². The maximum absolute atomic E-state index is 12.7. The van der Waals surface area contributed by atoms with Crippen LogP contribution in [-0.4, -0.2) is 37.2 Å². The Hall–Kier alpha value is -4.97. The van der Waals surface area contributed by atoms with Crippen LogP contribution in [0, 0.1) is 0 Å². The highest BCUT2D eigenvalue weighted by atomic mass is 16.6. The van der Waals surface area contributed by atoms with Gasteiger partial charge < -0.3 is 14.2 Å². The molecule has 0 rings (SSSR count). The summed E-state index contributed by atoms with van der Waals surface area (Å²) in [5.74, 6) is -1.08. The number of carbonyl (C=O) groups is 3. The topological polar surface area (TPSA) is 78.9 Å². The standard InChI is InChI=1S/C57H84O6/c1-4-7-10-13-16-19-22-25-26-27-28-29-30-33-35-38-41-44-47-50-56(59)62-53-54(63-57(60)51-48-45-42-39-36-32-24-21-18-15-12-9-6-3)52-61-55(58)49-46-43-40-37-34-31-23-20-17-14-11-8-5-2/h7-12,14-21,23-26,28-29,32-33,35-36,39,42,54H,4-6,13,22,27,30-31,34,37-38,40-41,43-53H2,1-3H3/b10-7-,11-8-,12-9-,17-14-,18-15-,19-16-,23-20-,24-21-,26-25-,29-28-,35-33-,36-32-,42-39-. The fraction of sp³-hybridized carbons (Fsp3) is 0.491. The zero-order valence-corrected chi connectivity index (χ0v) is 39.5. The van der Waals surface area contributed by atoms with E-state index in [0.29, 0.717) is 25.7 Å². The zero-order chi connectivity index (χ0) is 45.8. The number of unbranched alkanes of at least 4 members (excludes halogenated alkanes) is 9. The Labute approximate surface area is 384 Å². The molecule has 1 atom stereocenters. The highest BCUT2D eigenvalue weighted by Gasteiger charge is 2.19. The van der Waals surface area contributed by atoms with Gasteiger partial charge in [0.15, 0.2) is 6.10 Å². The van der Waals surface area contributed by atoms with Crippen molar-refractivity contribution < 1.29 is 28.6 Å². The average Bonchev–Trinajstić information content (AvgIpc) is 3.28. The normalized spacial score (nSPS) is 13.5. The molecule has 0 aromatic heterocycles. The van der Waals surface area contributed by atoms with Crippen molar-refractivity contribution in [2.45, 2.75) is 168 Å². The SMILES string of the molecule is CC\C=C/C=C\C=C/C=C\C=C/CCCC(=O)OC(COC(=O)CCCCC/C=C\C/C=C\C/C=C\C/C=C\C/C=C\CC)COC(=O)CCCCCCC\C=C/C=C\C=C/CC. The Morgan fingerprint density at radius 3 is 1.14 bits per heavy atom. The molecule has 0 amide bonds. The van der Waals surface area contributed by atoms with Gasteiger partial charge in [0.05, 0.1) is 0 Å². The second-order valence-corrected chi connectivity index (χ2v) is 15.1. The van der Waals surface area contributed by atoms with E-state index in [9.17, 15) is 14.4 Å². The molecule has 6 heteroatoms. The molecule has 0 aliphatic carbocycles. The summed E-state index contributed by atoms with van der Waals surface area (Å²) in [5, 5.41) is 0. The van der Waals surface area contributed by atoms with Gasteiger partial charge in [0.25, 0.3) is 0 Å². The van der Waals surface area contributed by atoms with E-state index in [2.05, 4.69) is 118 Å². The molecular weight excluding hydrogens is 781 g/mol. The van der Waals surface area contributed by atoms with Gasteiger partial charge in [0.2, 0.25) is 0 Å². The fourth-order valence-corrected chi connectivity index (χ4v) is 5.67. The number of esters is 3. The van der Waals surface area contributed by atoms with Crippen LogP contribution in [0.25, 0.3) is 0 Å². The number of ether oxygens (including phenoxy) is 3. The number of hydrogen-bond acceptors (Lipinski definition) is 6. The lowest BCUT2D eigenvalue weighted by molar-refractivity contribution is -0.167. The van der Waals surface area contributed by atoms with E-state index in [1.54, 1.807) is 0 Å². The molecule has 0 spiro atoms. The summed E-state index contributed by atoms with van der Waals surface area (Å²) in [7, 11) is 0. The van der Waals surface area contributed by atoms with E-state index in [1.807, 2.05) is 60.8 Å². The summed E-state index contributed by atoms with van der Waals surface area (Å²) in [4.78, 5) is 37.9. The van der Waals surface area contributed by atoms with Crippen LogP contribution >= 0.6 is 0 Å². The molecule has 0 aliphatic heterocycles. The van der Waals surface area contributed by atoms with Crippen molar-refractivity contribution in [2.24, 2.45) is 0 Å². The van der Waals surface area contributed by atoms with Gasteiger partial charge in [-0.2, -0.15) is 0 Å². The maximum Gasteiger partial charge on any atom is 0.306 e. The van der Waals surface area contributed by atoms with Crippen molar-refractivity contribution in [3.63, 3.8) is 0 Å². The molecule has 0 aliphatic rings. The summed E-state index contributed by atoms with van der Waals surface area (Å²) in [6.07, 6.45) is 72.3. The van der Waals surface area contributed by atoms with Gasteiger partial charge in [-0.05, 0) is 96.3 Å². The number of allylic oxidation sites excluding steroid dienone is 26. The van der Waals surface area contributed by atoms with Crippen LogP contribution in [0.3, 0.4) is 0 Å². The summed E-state index contributed by atoms with van der Waals surface area (Å²) in [5.41, 5.74) is 0. The molecular formula is C57H84O6. The second-order valence-electron chi connectivity index (χ2n) is 15.1. The first-order valence-electron chi connectivity index (χ1n) is 24.1. The third-order valence-corrected chi connectivity index (χ3v) is 9.20. The Balaban J connectivity index is 4.60. The van der Waals surface area contributed by atoms with Crippen LogP contribution in [0.4, 0.5) is 0 Å². The van der Waals surface area contributed by atoms with Gasteiger partial charge in [-0.15, -0.1) is 0 Å². The largest absolute Gasteiger partial charge is 0.462 e. The Morgan fingerprint density at radius 1 is 0.333 bits per heavy atom. The van der Waals surface area contributed by atoms with E-state index in [0.717, 1.165) is 109 Å². The van der Waals surface area contributed by atoms with E-state index >= 15 is 0 Å². The zero-order valence-electron chi connectivity index (χ0n) is 39.5. The van der Waals surface area contributed by atoms with Crippen molar-refractivity contribution in [1.29, 1.82) is 0 Å². The van der Waals surface area contributed by atoms with E-state index in [1.165, 1.54) is 0 Å². The third-order valence-electron chi connectivity index (χ3n) is 9.20. The van der Waals surface area contributed by atoms with Crippen molar-refractivity contribution in [3.8, 4) is 0 Å². The van der Waals surface area contributed by atoms with Crippen molar-refractivity contribution in [2.75, 3.05) is 13.2 Å². The van der Waals surface area contributed by atoms with Gasteiger partial charge in [-0.25, -0.2) is 0 Å². The summed E-state index contributed by atoms with van der Waals surface area (Å²) < 4.78 is 16.6. The van der Waals surface area contributed by atoms with Gasteiger partial charge in [-0.3, -0.25) is 14.4 Å². The van der Waals surface area contributed by atoms with Crippen LogP contribution in [0.5, 0.6) is 0 Å². The van der Waals surface area contributed by atoms with Crippen molar-refractivity contribution >= 4 is 17.9 Å². The number of hydrogen-bond donors (Lipinski definition) is 0. The molecule has 0 heterocycles. The first-order chi connectivity index (χ1) is 31.0. The molecule has 6 nitrogen and oxygen atoms in total. The predicted octanol–water partition coefficient (Wildman–Crippen LogP) is 15.9. The third kappa shape index (κ3) is 47.9. The van der Waals surface area contributed by atoms with Crippen molar-refractivity contribution in [3.05, 3.63) is 158 Å². The van der Waals surface area contributed by atoms with E-state index in [-0.39, 0.29) is 31.6 Å². The van der Waals surface area contributed by atoms with Crippen LogP contribution in [0.2, 0.25) is 0 Å². The van der Waals surface area contributed by atoms with Gasteiger partial charge in [0.1, 0.15) is 13.2 Å². The highest BCUT2D eigenvalue weighted by molar-refractivity contribution is 5.71. The van der Waals surface area contributed by atoms with Crippen molar-refractivity contribution in [1.82, 2.24) is 0 Å².